The van der Waals surface area contributed by atoms with E-state index in [2.05, 4.69) is 5.32 Å². The van der Waals surface area contributed by atoms with Crippen molar-refractivity contribution >= 4 is 6.09 Å². The van der Waals surface area contributed by atoms with Crippen molar-refractivity contribution in [1.82, 2.24) is 10.2 Å². The number of nitrogens with zero attached hydrogens (tertiary/aromatic N) is 1. The minimum absolute atomic E-state index is 0.130. The van der Waals surface area contributed by atoms with Crippen LogP contribution in [0, 0.1) is 0 Å². The SMILES string of the molecule is O=C(OCc1ccccc1)N(C1CC1)[C@@H]1CCCC[C@H]1NCCO. The highest BCUT2D eigenvalue weighted by molar-refractivity contribution is 5.69. The minimum Gasteiger partial charge on any atom is -0.445 e. The molecule has 24 heavy (non-hydrogen) atoms. The number of hydrogen-bond acceptors (Lipinski definition) is 4. The van der Waals surface area contributed by atoms with Crippen molar-refractivity contribution in [2.75, 3.05) is 13.2 Å². The number of hydrogen-bond donors (Lipinski definition) is 2. The van der Waals surface area contributed by atoms with Crippen LogP contribution in [0.25, 0.3) is 0 Å². The van der Waals surface area contributed by atoms with E-state index < -0.39 is 0 Å². The Morgan fingerprint density at radius 1 is 1.17 bits per heavy atom. The molecule has 2 atom stereocenters. The van der Waals surface area contributed by atoms with Gasteiger partial charge in [-0.15, -0.1) is 0 Å². The maximum absolute atomic E-state index is 12.7. The van der Waals surface area contributed by atoms with E-state index in [0.29, 0.717) is 19.2 Å². The Morgan fingerprint density at radius 2 is 1.92 bits per heavy atom. The predicted molar refractivity (Wildman–Crippen MR) is 92.6 cm³/mol. The zero-order chi connectivity index (χ0) is 16.8. The summed E-state index contributed by atoms with van der Waals surface area (Å²) in [5.74, 6) is 0. The number of ether oxygens (including phenoxy) is 1. The number of benzene rings is 1. The highest BCUT2D eigenvalue weighted by Gasteiger charge is 2.42. The zero-order valence-corrected chi connectivity index (χ0v) is 14.2. The lowest BCUT2D eigenvalue weighted by Gasteiger charge is -2.40. The largest absolute Gasteiger partial charge is 0.445 e. The van der Waals surface area contributed by atoms with Gasteiger partial charge >= 0.3 is 6.09 Å². The summed E-state index contributed by atoms with van der Waals surface area (Å²) in [6, 6.07) is 10.6. The number of nitrogens with one attached hydrogen (secondary N) is 1. The third-order valence-electron chi connectivity index (χ3n) is 4.96. The number of aliphatic hydroxyl groups excluding tert-OH is 1. The molecule has 0 spiro atoms. The average molecular weight is 332 g/mol. The first kappa shape index (κ1) is 17.2. The monoisotopic (exact) mass is 332 g/mol. The lowest BCUT2D eigenvalue weighted by Crippen LogP contribution is -2.55. The Kier molecular flexibility index (Phi) is 6.10. The summed E-state index contributed by atoms with van der Waals surface area (Å²) in [4.78, 5) is 14.7. The van der Waals surface area contributed by atoms with Gasteiger partial charge in [-0.25, -0.2) is 4.79 Å². The quantitative estimate of drug-likeness (QED) is 0.806. The molecule has 0 bridgehead atoms. The van der Waals surface area contributed by atoms with Gasteiger partial charge in [0.25, 0.3) is 0 Å². The summed E-state index contributed by atoms with van der Waals surface area (Å²) < 4.78 is 5.61. The van der Waals surface area contributed by atoms with Crippen LogP contribution in [0.15, 0.2) is 30.3 Å². The summed E-state index contributed by atoms with van der Waals surface area (Å²) in [7, 11) is 0. The van der Waals surface area contributed by atoms with Crippen LogP contribution in [0.3, 0.4) is 0 Å². The second kappa shape index (κ2) is 8.49. The molecule has 132 valence electrons. The van der Waals surface area contributed by atoms with E-state index in [-0.39, 0.29) is 24.8 Å². The van der Waals surface area contributed by atoms with Gasteiger partial charge in [0.1, 0.15) is 6.61 Å². The van der Waals surface area contributed by atoms with Crippen molar-refractivity contribution in [2.24, 2.45) is 0 Å². The van der Waals surface area contributed by atoms with Gasteiger partial charge in [-0.3, -0.25) is 0 Å². The molecule has 2 aliphatic rings. The average Bonchev–Trinajstić information content (AvgIpc) is 3.45. The van der Waals surface area contributed by atoms with E-state index in [1.54, 1.807) is 0 Å². The molecule has 0 aliphatic heterocycles. The molecule has 1 aromatic carbocycles. The van der Waals surface area contributed by atoms with Crippen molar-refractivity contribution in [3.63, 3.8) is 0 Å². The fourth-order valence-corrected chi connectivity index (χ4v) is 3.63. The first-order valence-corrected chi connectivity index (χ1v) is 9.13. The number of amides is 1. The molecular formula is C19H28N2O3. The molecular weight excluding hydrogens is 304 g/mol. The molecule has 0 radical (unpaired) electrons. The highest BCUT2D eigenvalue weighted by atomic mass is 16.6. The van der Waals surface area contributed by atoms with Gasteiger partial charge in [-0.1, -0.05) is 43.2 Å². The second-order valence-corrected chi connectivity index (χ2v) is 6.81. The normalized spacial score (nSPS) is 23.7. The van der Waals surface area contributed by atoms with Crippen LogP contribution in [0.5, 0.6) is 0 Å². The maximum atomic E-state index is 12.7. The van der Waals surface area contributed by atoms with Gasteiger partial charge in [-0.2, -0.15) is 0 Å². The van der Waals surface area contributed by atoms with Crippen molar-refractivity contribution in [1.29, 1.82) is 0 Å². The lowest BCUT2D eigenvalue weighted by molar-refractivity contribution is 0.0574. The van der Waals surface area contributed by atoms with E-state index in [9.17, 15) is 4.79 Å². The molecule has 2 saturated carbocycles. The molecule has 0 unspecified atom stereocenters. The van der Waals surface area contributed by atoms with E-state index in [4.69, 9.17) is 9.84 Å². The van der Waals surface area contributed by atoms with E-state index >= 15 is 0 Å². The lowest BCUT2D eigenvalue weighted by atomic mass is 9.89. The Bertz CT molecular complexity index is 519. The van der Waals surface area contributed by atoms with Gasteiger partial charge in [0, 0.05) is 18.6 Å². The third-order valence-corrected chi connectivity index (χ3v) is 4.96. The molecule has 0 heterocycles. The molecule has 0 saturated heterocycles. The van der Waals surface area contributed by atoms with Gasteiger partial charge in [-0.05, 0) is 31.2 Å². The highest BCUT2D eigenvalue weighted by Crippen LogP contribution is 2.34. The Hall–Kier alpha value is -1.59. The summed E-state index contributed by atoms with van der Waals surface area (Å²) in [6.45, 7) is 1.04. The Morgan fingerprint density at radius 3 is 2.62 bits per heavy atom. The van der Waals surface area contributed by atoms with Crippen LogP contribution in [0.2, 0.25) is 0 Å². The van der Waals surface area contributed by atoms with Crippen molar-refractivity contribution in [3.05, 3.63) is 35.9 Å². The number of carbonyl (C=O) groups is 1. The summed E-state index contributed by atoms with van der Waals surface area (Å²) in [5.41, 5.74) is 1.01. The summed E-state index contributed by atoms with van der Waals surface area (Å²) in [6.07, 6.45) is 6.35. The molecule has 1 amide bonds. The van der Waals surface area contributed by atoms with E-state index in [1.807, 2.05) is 35.2 Å². The van der Waals surface area contributed by atoms with Crippen molar-refractivity contribution < 1.29 is 14.6 Å². The molecule has 2 fully saturated rings. The van der Waals surface area contributed by atoms with Crippen LogP contribution in [0.4, 0.5) is 4.79 Å². The van der Waals surface area contributed by atoms with Gasteiger partial charge in [0.2, 0.25) is 0 Å². The van der Waals surface area contributed by atoms with Crippen LogP contribution in [-0.4, -0.2) is 47.4 Å². The Balaban J connectivity index is 1.63. The Labute approximate surface area is 144 Å². The van der Waals surface area contributed by atoms with Crippen LogP contribution < -0.4 is 5.32 Å². The standard InChI is InChI=1S/C19H28N2O3/c22-13-12-20-17-8-4-5-9-18(17)21(16-10-11-16)19(23)24-14-15-6-2-1-3-7-15/h1-3,6-7,16-18,20,22H,4-5,8-14H2/t17-,18-/m1/s1. The number of rotatable bonds is 7. The minimum atomic E-state index is -0.191. The zero-order valence-electron chi connectivity index (χ0n) is 14.2. The molecule has 5 nitrogen and oxygen atoms in total. The fourth-order valence-electron chi connectivity index (χ4n) is 3.63. The first-order valence-electron chi connectivity index (χ1n) is 9.13. The van der Waals surface area contributed by atoms with Gasteiger partial charge in [0.15, 0.2) is 0 Å². The van der Waals surface area contributed by atoms with Gasteiger partial charge < -0.3 is 20.1 Å². The topological polar surface area (TPSA) is 61.8 Å². The first-order chi connectivity index (χ1) is 11.8. The number of aliphatic hydroxyl groups is 1. The van der Waals surface area contributed by atoms with Crippen LogP contribution >= 0.6 is 0 Å². The van der Waals surface area contributed by atoms with Gasteiger partial charge in [0.05, 0.1) is 12.6 Å². The van der Waals surface area contributed by atoms with E-state index in [1.165, 1.54) is 6.42 Å². The fraction of sp³-hybridized carbons (Fsp3) is 0.632. The molecule has 5 heteroatoms. The molecule has 2 aliphatic carbocycles. The predicted octanol–water partition coefficient (Wildman–Crippen LogP) is 2.68. The van der Waals surface area contributed by atoms with Crippen molar-refractivity contribution in [3.8, 4) is 0 Å². The maximum Gasteiger partial charge on any atom is 0.410 e. The van der Waals surface area contributed by atoms with Crippen LogP contribution in [0.1, 0.15) is 44.1 Å². The summed E-state index contributed by atoms with van der Waals surface area (Å²) >= 11 is 0. The summed E-state index contributed by atoms with van der Waals surface area (Å²) in [5, 5.41) is 12.5. The molecule has 1 aromatic rings. The van der Waals surface area contributed by atoms with Crippen LogP contribution in [-0.2, 0) is 11.3 Å². The van der Waals surface area contributed by atoms with Crippen molar-refractivity contribution in [2.45, 2.75) is 63.3 Å². The molecule has 0 aromatic heterocycles. The molecule has 3 rings (SSSR count). The second-order valence-electron chi connectivity index (χ2n) is 6.81. The smallest absolute Gasteiger partial charge is 0.410 e. The van der Waals surface area contributed by atoms with E-state index in [0.717, 1.165) is 37.7 Å². The number of carbonyl (C=O) groups excluding carboxylic acids is 1. The third kappa shape index (κ3) is 4.48. The molecule has 2 N–H and O–H groups in total.